The number of hydrogen-bond acceptors (Lipinski definition) is 4. The Hall–Kier alpha value is -2.43. The van der Waals surface area contributed by atoms with E-state index in [9.17, 15) is 4.79 Å². The van der Waals surface area contributed by atoms with Gasteiger partial charge in [0.25, 0.3) is 0 Å². The molecule has 5 heteroatoms. The molecule has 2 heterocycles. The van der Waals surface area contributed by atoms with Gasteiger partial charge in [0.2, 0.25) is 5.91 Å². The third kappa shape index (κ3) is 2.98. The summed E-state index contributed by atoms with van der Waals surface area (Å²) in [6.07, 6.45) is 6.55. The zero-order chi connectivity index (χ0) is 16.4. The second kappa shape index (κ2) is 6.59. The number of para-hydroxylation sites is 1. The summed E-state index contributed by atoms with van der Waals surface area (Å²) in [5.41, 5.74) is 2.54. The Labute approximate surface area is 142 Å². The minimum atomic E-state index is 0.0864. The van der Waals surface area contributed by atoms with Crippen LogP contribution in [0.1, 0.15) is 37.7 Å². The number of rotatable bonds is 3. The smallest absolute Gasteiger partial charge is 0.228 e. The zero-order valence-corrected chi connectivity index (χ0v) is 13.7. The number of nitrogens with zero attached hydrogens (tertiary/aromatic N) is 3. The first-order chi connectivity index (χ1) is 11.8. The molecule has 5 nitrogen and oxygen atoms in total. The maximum absolute atomic E-state index is 12.3. The lowest BCUT2D eigenvalue weighted by atomic mass is 9.89. The molecule has 4 rings (SSSR count). The summed E-state index contributed by atoms with van der Waals surface area (Å²) in [5, 5.41) is 11.4. The van der Waals surface area contributed by atoms with Crippen molar-refractivity contribution in [1.29, 1.82) is 0 Å². The summed E-state index contributed by atoms with van der Waals surface area (Å²) in [4.78, 5) is 14.5. The summed E-state index contributed by atoms with van der Waals surface area (Å²) in [6, 6.07) is 12.2. The maximum atomic E-state index is 12.3. The first-order valence-electron chi connectivity index (χ1n) is 8.81. The molecule has 24 heavy (non-hydrogen) atoms. The monoisotopic (exact) mass is 322 g/mol. The lowest BCUT2D eigenvalue weighted by Gasteiger charge is -2.21. The molecule has 1 aliphatic heterocycles. The molecule has 1 saturated carbocycles. The van der Waals surface area contributed by atoms with Crippen molar-refractivity contribution in [2.75, 3.05) is 16.8 Å². The van der Waals surface area contributed by atoms with Gasteiger partial charge in [0.15, 0.2) is 11.6 Å². The molecule has 0 spiro atoms. The fourth-order valence-electron chi connectivity index (χ4n) is 3.71. The quantitative estimate of drug-likeness (QED) is 0.936. The van der Waals surface area contributed by atoms with E-state index in [0.29, 0.717) is 5.82 Å². The Kier molecular flexibility index (Phi) is 4.15. The van der Waals surface area contributed by atoms with Gasteiger partial charge < -0.3 is 10.2 Å². The van der Waals surface area contributed by atoms with Gasteiger partial charge in [0, 0.05) is 18.2 Å². The summed E-state index contributed by atoms with van der Waals surface area (Å²) >= 11 is 0. The highest BCUT2D eigenvalue weighted by Crippen LogP contribution is 2.33. The number of amides is 1. The first-order valence-corrected chi connectivity index (χ1v) is 8.81. The molecule has 0 unspecified atom stereocenters. The molecule has 0 atom stereocenters. The average Bonchev–Trinajstić information content (AvgIpc) is 3.07. The fraction of sp³-hybridized carbons (Fsp3) is 0.421. The highest BCUT2D eigenvalue weighted by atomic mass is 16.1. The van der Waals surface area contributed by atoms with Crippen LogP contribution in [0.3, 0.4) is 0 Å². The fourth-order valence-corrected chi connectivity index (χ4v) is 3.71. The van der Waals surface area contributed by atoms with E-state index in [0.717, 1.165) is 44.5 Å². The molecule has 1 N–H and O–H groups in total. The Morgan fingerprint density at radius 3 is 2.67 bits per heavy atom. The Morgan fingerprint density at radius 1 is 1.04 bits per heavy atom. The number of fused-ring (bicyclic) bond motifs is 1. The van der Waals surface area contributed by atoms with Crippen molar-refractivity contribution in [3.05, 3.63) is 42.0 Å². The Bertz CT molecular complexity index is 722. The summed E-state index contributed by atoms with van der Waals surface area (Å²) in [6.45, 7) is 0.918. The molecule has 1 amide bonds. The molecule has 2 aliphatic rings. The van der Waals surface area contributed by atoms with Crippen LogP contribution >= 0.6 is 0 Å². The lowest BCUT2D eigenvalue weighted by Crippen LogP contribution is -2.25. The van der Waals surface area contributed by atoms with Gasteiger partial charge in [-0.2, -0.15) is 0 Å². The number of hydrogen-bond donors (Lipinski definition) is 1. The maximum Gasteiger partial charge on any atom is 0.228 e. The van der Waals surface area contributed by atoms with Gasteiger partial charge in [-0.25, -0.2) is 0 Å². The summed E-state index contributed by atoms with van der Waals surface area (Å²) < 4.78 is 0. The molecule has 0 bridgehead atoms. The van der Waals surface area contributed by atoms with Crippen molar-refractivity contribution in [3.8, 4) is 0 Å². The van der Waals surface area contributed by atoms with Crippen LogP contribution in [0.4, 0.5) is 17.3 Å². The molecule has 1 aromatic heterocycles. The standard InChI is InChI=1S/C19H22N4O/c24-19(15-7-2-1-3-8-15)20-17-10-11-18(22-21-17)23-13-12-14-6-4-5-9-16(14)23/h4-6,9-11,15H,1-3,7-8,12-13H2,(H,20,21,24). The number of carbonyl (C=O) groups is 1. The van der Waals surface area contributed by atoms with Crippen LogP contribution in [-0.2, 0) is 11.2 Å². The Morgan fingerprint density at radius 2 is 1.88 bits per heavy atom. The number of anilines is 3. The van der Waals surface area contributed by atoms with E-state index in [1.54, 1.807) is 0 Å². The number of aromatic nitrogens is 2. The van der Waals surface area contributed by atoms with Gasteiger partial charge in [-0.05, 0) is 43.0 Å². The highest BCUT2D eigenvalue weighted by Gasteiger charge is 2.23. The van der Waals surface area contributed by atoms with Gasteiger partial charge in [-0.15, -0.1) is 10.2 Å². The van der Waals surface area contributed by atoms with E-state index in [1.165, 1.54) is 17.7 Å². The van der Waals surface area contributed by atoms with Crippen molar-refractivity contribution in [2.24, 2.45) is 5.92 Å². The normalized spacial score (nSPS) is 17.6. The summed E-state index contributed by atoms with van der Waals surface area (Å²) in [7, 11) is 0. The third-order valence-corrected chi connectivity index (χ3v) is 5.04. The molecule has 0 radical (unpaired) electrons. The second-order valence-electron chi connectivity index (χ2n) is 6.63. The van der Waals surface area contributed by atoms with E-state index in [4.69, 9.17) is 0 Å². The molecule has 0 saturated heterocycles. The van der Waals surface area contributed by atoms with Crippen molar-refractivity contribution < 1.29 is 4.79 Å². The van der Waals surface area contributed by atoms with E-state index in [2.05, 4.69) is 38.6 Å². The topological polar surface area (TPSA) is 58.1 Å². The minimum absolute atomic E-state index is 0.0864. The highest BCUT2D eigenvalue weighted by molar-refractivity contribution is 5.91. The van der Waals surface area contributed by atoms with Crippen molar-refractivity contribution in [2.45, 2.75) is 38.5 Å². The van der Waals surface area contributed by atoms with Gasteiger partial charge in [-0.1, -0.05) is 37.5 Å². The van der Waals surface area contributed by atoms with Crippen LogP contribution in [0.2, 0.25) is 0 Å². The molecule has 124 valence electrons. The van der Waals surface area contributed by atoms with Crippen LogP contribution < -0.4 is 10.2 Å². The van der Waals surface area contributed by atoms with Crippen molar-refractivity contribution in [1.82, 2.24) is 10.2 Å². The minimum Gasteiger partial charge on any atom is -0.324 e. The van der Waals surface area contributed by atoms with Gasteiger partial charge >= 0.3 is 0 Å². The van der Waals surface area contributed by atoms with Crippen LogP contribution in [-0.4, -0.2) is 22.6 Å². The van der Waals surface area contributed by atoms with Crippen LogP contribution in [0.5, 0.6) is 0 Å². The number of benzene rings is 1. The van der Waals surface area contributed by atoms with Gasteiger partial charge in [-0.3, -0.25) is 4.79 Å². The second-order valence-corrected chi connectivity index (χ2v) is 6.63. The Balaban J connectivity index is 1.44. The van der Waals surface area contributed by atoms with Crippen LogP contribution in [0.15, 0.2) is 36.4 Å². The lowest BCUT2D eigenvalue weighted by molar-refractivity contribution is -0.120. The van der Waals surface area contributed by atoms with Gasteiger partial charge in [0.05, 0.1) is 0 Å². The van der Waals surface area contributed by atoms with E-state index < -0.39 is 0 Å². The molecule has 1 aromatic carbocycles. The molecule has 2 aromatic rings. The van der Waals surface area contributed by atoms with Crippen molar-refractivity contribution in [3.63, 3.8) is 0 Å². The largest absolute Gasteiger partial charge is 0.324 e. The van der Waals surface area contributed by atoms with Gasteiger partial charge in [0.1, 0.15) is 0 Å². The SMILES string of the molecule is O=C(Nc1ccc(N2CCc3ccccc32)nn1)C1CCCCC1. The van der Waals surface area contributed by atoms with E-state index in [1.807, 2.05) is 18.2 Å². The molecular formula is C19H22N4O. The third-order valence-electron chi connectivity index (χ3n) is 5.04. The average molecular weight is 322 g/mol. The first kappa shape index (κ1) is 15.1. The predicted octanol–water partition coefficient (Wildman–Crippen LogP) is 3.69. The van der Waals surface area contributed by atoms with E-state index >= 15 is 0 Å². The van der Waals surface area contributed by atoms with E-state index in [-0.39, 0.29) is 11.8 Å². The zero-order valence-electron chi connectivity index (χ0n) is 13.7. The predicted molar refractivity (Wildman–Crippen MR) is 94.4 cm³/mol. The molecule has 1 aliphatic carbocycles. The van der Waals surface area contributed by atoms with Crippen molar-refractivity contribution >= 4 is 23.2 Å². The molecule has 1 fully saturated rings. The molecular weight excluding hydrogens is 300 g/mol. The number of carbonyl (C=O) groups excluding carboxylic acids is 1. The summed E-state index contributed by atoms with van der Waals surface area (Å²) in [5.74, 6) is 1.59. The van der Waals surface area contributed by atoms with Crippen LogP contribution in [0.25, 0.3) is 0 Å². The van der Waals surface area contributed by atoms with Crippen LogP contribution in [0, 0.1) is 5.92 Å². The number of nitrogens with one attached hydrogen (secondary N) is 1.